The van der Waals surface area contributed by atoms with E-state index in [9.17, 15) is 9.90 Å². The minimum absolute atomic E-state index is 0.214. The zero-order valence-corrected chi connectivity index (χ0v) is 9.80. The summed E-state index contributed by atoms with van der Waals surface area (Å²) in [4.78, 5) is 11.0. The molecule has 0 aliphatic carbocycles. The molecule has 15 heavy (non-hydrogen) atoms. The number of aliphatic hydroxyl groups is 1. The number of hydrogen-bond donors (Lipinski definition) is 1. The van der Waals surface area contributed by atoms with E-state index in [-0.39, 0.29) is 5.97 Å². The fourth-order valence-corrected chi connectivity index (χ4v) is 1.19. The van der Waals surface area contributed by atoms with Gasteiger partial charge in [-0.1, -0.05) is 6.58 Å². The van der Waals surface area contributed by atoms with Crippen molar-refractivity contribution >= 4 is 5.97 Å². The highest BCUT2D eigenvalue weighted by molar-refractivity contribution is 5.69. The average Bonchev–Trinajstić information content (AvgIpc) is 2.16. The van der Waals surface area contributed by atoms with E-state index in [4.69, 9.17) is 4.74 Å². The van der Waals surface area contributed by atoms with Gasteiger partial charge in [0.25, 0.3) is 0 Å². The Kier molecular flexibility index (Phi) is 5.99. The van der Waals surface area contributed by atoms with Crippen LogP contribution in [-0.4, -0.2) is 23.3 Å². The lowest BCUT2D eigenvalue weighted by atomic mass is 9.92. The molecule has 0 spiro atoms. The van der Waals surface area contributed by atoms with E-state index in [1.807, 2.05) is 0 Å². The normalized spacial score (nSPS) is 13.9. The van der Waals surface area contributed by atoms with Gasteiger partial charge >= 0.3 is 5.97 Å². The number of carbonyl (C=O) groups excluding carboxylic acids is 1. The SMILES string of the molecule is C=C=C(C)C(C)(O)CCCC(=O)OCC. The van der Waals surface area contributed by atoms with Crippen LogP contribution in [0, 0.1) is 0 Å². The van der Waals surface area contributed by atoms with Crippen LogP contribution in [0.3, 0.4) is 0 Å². The third kappa shape index (κ3) is 5.40. The molecular weight excluding hydrogens is 192 g/mol. The highest BCUT2D eigenvalue weighted by atomic mass is 16.5. The number of carbonyl (C=O) groups is 1. The molecule has 1 N–H and O–H groups in total. The Labute approximate surface area is 91.4 Å². The molecule has 1 unspecified atom stereocenters. The quantitative estimate of drug-likeness (QED) is 0.542. The maximum Gasteiger partial charge on any atom is 0.305 e. The molecule has 0 radical (unpaired) electrons. The maximum atomic E-state index is 11.0. The van der Waals surface area contributed by atoms with Gasteiger partial charge in [-0.05, 0) is 39.2 Å². The second-order valence-corrected chi connectivity index (χ2v) is 3.73. The van der Waals surface area contributed by atoms with Crippen molar-refractivity contribution in [2.24, 2.45) is 0 Å². The van der Waals surface area contributed by atoms with Crippen molar-refractivity contribution in [3.05, 3.63) is 17.9 Å². The highest BCUT2D eigenvalue weighted by Gasteiger charge is 2.22. The van der Waals surface area contributed by atoms with Crippen molar-refractivity contribution in [1.29, 1.82) is 0 Å². The summed E-state index contributed by atoms with van der Waals surface area (Å²) in [6.45, 7) is 9.14. The van der Waals surface area contributed by atoms with Crippen molar-refractivity contribution in [3.8, 4) is 0 Å². The molecule has 1 atom stereocenters. The summed E-state index contributed by atoms with van der Waals surface area (Å²) in [7, 11) is 0. The van der Waals surface area contributed by atoms with E-state index in [0.29, 0.717) is 31.4 Å². The Morgan fingerprint density at radius 1 is 1.60 bits per heavy atom. The van der Waals surface area contributed by atoms with E-state index < -0.39 is 5.60 Å². The predicted octanol–water partition coefficient (Wildman–Crippen LogP) is 2.20. The van der Waals surface area contributed by atoms with Gasteiger partial charge in [-0.25, -0.2) is 0 Å². The Morgan fingerprint density at radius 2 is 2.20 bits per heavy atom. The monoisotopic (exact) mass is 212 g/mol. The third-order valence-electron chi connectivity index (χ3n) is 2.42. The molecule has 0 aliphatic rings. The lowest BCUT2D eigenvalue weighted by molar-refractivity contribution is -0.143. The zero-order valence-electron chi connectivity index (χ0n) is 9.80. The van der Waals surface area contributed by atoms with Crippen molar-refractivity contribution in [2.45, 2.75) is 45.6 Å². The van der Waals surface area contributed by atoms with E-state index in [2.05, 4.69) is 12.3 Å². The van der Waals surface area contributed by atoms with Crippen molar-refractivity contribution < 1.29 is 14.6 Å². The second-order valence-electron chi connectivity index (χ2n) is 3.73. The van der Waals surface area contributed by atoms with Crippen LogP contribution < -0.4 is 0 Å². The van der Waals surface area contributed by atoms with Gasteiger partial charge in [0.15, 0.2) is 0 Å². The topological polar surface area (TPSA) is 46.5 Å². The molecule has 86 valence electrons. The molecule has 0 saturated heterocycles. The lowest BCUT2D eigenvalue weighted by Gasteiger charge is -2.22. The average molecular weight is 212 g/mol. The molecule has 0 fully saturated rings. The summed E-state index contributed by atoms with van der Waals surface area (Å²) in [6.07, 6.45) is 1.46. The summed E-state index contributed by atoms with van der Waals surface area (Å²) in [5.74, 6) is -0.214. The lowest BCUT2D eigenvalue weighted by Crippen LogP contribution is -2.25. The molecule has 0 saturated carbocycles. The minimum atomic E-state index is -0.922. The first kappa shape index (κ1) is 13.9. The zero-order chi connectivity index (χ0) is 11.9. The van der Waals surface area contributed by atoms with Gasteiger partial charge in [0.2, 0.25) is 0 Å². The molecule has 0 heterocycles. The summed E-state index contributed by atoms with van der Waals surface area (Å²) < 4.78 is 4.79. The summed E-state index contributed by atoms with van der Waals surface area (Å²) in [6, 6.07) is 0. The van der Waals surface area contributed by atoms with Crippen LogP contribution in [0.1, 0.15) is 40.0 Å². The molecule has 0 amide bonds. The van der Waals surface area contributed by atoms with Gasteiger partial charge in [0, 0.05) is 6.42 Å². The molecular formula is C12H20O3. The molecule has 0 aromatic rings. The van der Waals surface area contributed by atoms with Gasteiger partial charge in [0.1, 0.15) is 0 Å². The minimum Gasteiger partial charge on any atom is -0.466 e. The molecule has 0 aromatic heterocycles. The Bertz CT molecular complexity index is 260. The standard InChI is InChI=1S/C12H20O3/c1-5-10(3)12(4,14)9-7-8-11(13)15-6-2/h14H,1,6-9H2,2-4H3. The van der Waals surface area contributed by atoms with E-state index >= 15 is 0 Å². The van der Waals surface area contributed by atoms with Crippen molar-refractivity contribution in [1.82, 2.24) is 0 Å². The molecule has 0 aromatic carbocycles. The van der Waals surface area contributed by atoms with E-state index in [0.717, 1.165) is 0 Å². The fourth-order valence-electron chi connectivity index (χ4n) is 1.19. The Balaban J connectivity index is 3.95. The summed E-state index contributed by atoms with van der Waals surface area (Å²) in [5.41, 5.74) is 2.45. The predicted molar refractivity (Wildman–Crippen MR) is 59.4 cm³/mol. The van der Waals surface area contributed by atoms with Gasteiger partial charge in [-0.15, -0.1) is 5.73 Å². The number of ether oxygens (including phenoxy) is 1. The summed E-state index contributed by atoms with van der Waals surface area (Å²) in [5, 5.41) is 9.93. The molecule has 0 rings (SSSR count). The molecule has 3 heteroatoms. The van der Waals surface area contributed by atoms with Crippen LogP contribution in [-0.2, 0) is 9.53 Å². The maximum absolute atomic E-state index is 11.0. The van der Waals surface area contributed by atoms with Gasteiger partial charge in [-0.3, -0.25) is 4.79 Å². The number of rotatable bonds is 6. The summed E-state index contributed by atoms with van der Waals surface area (Å²) >= 11 is 0. The third-order valence-corrected chi connectivity index (χ3v) is 2.42. The van der Waals surface area contributed by atoms with Gasteiger partial charge in [0.05, 0.1) is 12.2 Å². The van der Waals surface area contributed by atoms with Crippen molar-refractivity contribution in [3.63, 3.8) is 0 Å². The van der Waals surface area contributed by atoms with Crippen LogP contribution in [0.5, 0.6) is 0 Å². The van der Waals surface area contributed by atoms with Crippen LogP contribution in [0.15, 0.2) is 17.9 Å². The highest BCUT2D eigenvalue weighted by Crippen LogP contribution is 2.21. The molecule has 3 nitrogen and oxygen atoms in total. The van der Waals surface area contributed by atoms with Crippen molar-refractivity contribution in [2.75, 3.05) is 6.61 Å². The first-order valence-electron chi connectivity index (χ1n) is 5.19. The first-order chi connectivity index (χ1) is 6.94. The van der Waals surface area contributed by atoms with Crippen LogP contribution in [0.4, 0.5) is 0 Å². The number of esters is 1. The van der Waals surface area contributed by atoms with Crippen LogP contribution >= 0.6 is 0 Å². The number of hydrogen-bond acceptors (Lipinski definition) is 3. The Morgan fingerprint density at radius 3 is 2.67 bits per heavy atom. The molecule has 0 aliphatic heterocycles. The smallest absolute Gasteiger partial charge is 0.305 e. The molecule has 0 bridgehead atoms. The van der Waals surface area contributed by atoms with Crippen LogP contribution in [0.25, 0.3) is 0 Å². The van der Waals surface area contributed by atoms with Gasteiger partial charge < -0.3 is 9.84 Å². The van der Waals surface area contributed by atoms with Crippen LogP contribution in [0.2, 0.25) is 0 Å². The van der Waals surface area contributed by atoms with E-state index in [1.165, 1.54) is 0 Å². The largest absolute Gasteiger partial charge is 0.466 e. The fraction of sp³-hybridized carbons (Fsp3) is 0.667. The Hall–Kier alpha value is -1.05. The van der Waals surface area contributed by atoms with E-state index in [1.54, 1.807) is 20.8 Å². The van der Waals surface area contributed by atoms with Gasteiger partial charge in [-0.2, -0.15) is 0 Å². The first-order valence-corrected chi connectivity index (χ1v) is 5.19. The second kappa shape index (κ2) is 6.44.